The van der Waals surface area contributed by atoms with E-state index in [1.807, 2.05) is 16.5 Å². The monoisotopic (exact) mass is 496 g/mol. The number of piperidine rings is 1. The van der Waals surface area contributed by atoms with E-state index in [0.717, 1.165) is 75.5 Å². The predicted octanol–water partition coefficient (Wildman–Crippen LogP) is 4.98. The molecular formula is C26H36N6O2S. The molecule has 0 spiro atoms. The van der Waals surface area contributed by atoms with Gasteiger partial charge in [0.1, 0.15) is 11.3 Å². The summed E-state index contributed by atoms with van der Waals surface area (Å²) in [6.45, 7) is 5.83. The first-order chi connectivity index (χ1) is 17.0. The van der Waals surface area contributed by atoms with Crippen molar-refractivity contribution in [3.8, 4) is 0 Å². The van der Waals surface area contributed by atoms with Crippen LogP contribution in [-0.2, 0) is 0 Å². The summed E-state index contributed by atoms with van der Waals surface area (Å²) in [7, 11) is 0. The van der Waals surface area contributed by atoms with Gasteiger partial charge in [0, 0.05) is 48.3 Å². The molecule has 1 saturated heterocycles. The summed E-state index contributed by atoms with van der Waals surface area (Å²) >= 11 is 1.46. The van der Waals surface area contributed by atoms with Crippen molar-refractivity contribution in [3.63, 3.8) is 0 Å². The number of aromatic nitrogens is 4. The predicted molar refractivity (Wildman–Crippen MR) is 139 cm³/mol. The highest BCUT2D eigenvalue weighted by Gasteiger charge is 2.30. The molecule has 1 amide bonds. The van der Waals surface area contributed by atoms with Crippen molar-refractivity contribution >= 4 is 34.2 Å². The van der Waals surface area contributed by atoms with Crippen LogP contribution in [0, 0.1) is 0 Å². The van der Waals surface area contributed by atoms with Gasteiger partial charge >= 0.3 is 0 Å². The van der Waals surface area contributed by atoms with Gasteiger partial charge in [0.2, 0.25) is 5.95 Å². The molecule has 0 radical (unpaired) electrons. The summed E-state index contributed by atoms with van der Waals surface area (Å²) in [5, 5.41) is 16.5. The van der Waals surface area contributed by atoms with Crippen LogP contribution < -0.4 is 5.32 Å². The van der Waals surface area contributed by atoms with E-state index < -0.39 is 0 Å². The Balaban J connectivity index is 1.40. The maximum absolute atomic E-state index is 12.7. The van der Waals surface area contributed by atoms with E-state index in [-0.39, 0.29) is 12.0 Å². The summed E-state index contributed by atoms with van der Waals surface area (Å²) in [4.78, 5) is 28.5. The third-order valence-electron chi connectivity index (χ3n) is 7.63. The number of aliphatic hydroxyl groups excluding tert-OH is 1. The summed E-state index contributed by atoms with van der Waals surface area (Å²) < 4.78 is 2.35. The smallest absolute Gasteiger partial charge is 0.273 e. The van der Waals surface area contributed by atoms with Crippen LogP contribution in [0.25, 0.3) is 11.0 Å². The quantitative estimate of drug-likeness (QED) is 0.479. The lowest BCUT2D eigenvalue weighted by Crippen LogP contribution is -2.38. The number of hydrogen-bond acceptors (Lipinski definition) is 7. The van der Waals surface area contributed by atoms with Gasteiger partial charge in [-0.3, -0.25) is 4.79 Å². The Morgan fingerprint density at radius 3 is 2.66 bits per heavy atom. The van der Waals surface area contributed by atoms with Crippen molar-refractivity contribution in [2.45, 2.75) is 89.3 Å². The fourth-order valence-electron chi connectivity index (χ4n) is 5.66. The Hall–Kier alpha value is -2.52. The largest absolute Gasteiger partial charge is 0.393 e. The molecule has 4 heterocycles. The van der Waals surface area contributed by atoms with Gasteiger partial charge in [-0.15, -0.1) is 11.3 Å². The number of nitrogens with zero attached hydrogens (tertiary/aromatic N) is 5. The number of amides is 1. The third kappa shape index (κ3) is 5.21. The van der Waals surface area contributed by atoms with E-state index in [1.165, 1.54) is 16.9 Å². The molecule has 0 bridgehead atoms. The van der Waals surface area contributed by atoms with Gasteiger partial charge in [-0.2, -0.15) is 4.98 Å². The van der Waals surface area contributed by atoms with Gasteiger partial charge in [0.15, 0.2) is 0 Å². The first-order valence-corrected chi connectivity index (χ1v) is 14.0. The van der Waals surface area contributed by atoms with Crippen LogP contribution >= 0.6 is 11.3 Å². The fraction of sp³-hybridized carbons (Fsp3) is 0.615. The topological polar surface area (TPSA) is 96.2 Å². The summed E-state index contributed by atoms with van der Waals surface area (Å²) in [5.74, 6) is 1.09. The van der Waals surface area contributed by atoms with Gasteiger partial charge < -0.3 is 19.9 Å². The number of aliphatic hydroxyl groups is 1. The number of thiazole rings is 1. The van der Waals surface area contributed by atoms with Crippen molar-refractivity contribution in [2.75, 3.05) is 18.4 Å². The van der Waals surface area contributed by atoms with Crippen molar-refractivity contribution < 1.29 is 9.90 Å². The molecule has 9 heteroatoms. The maximum Gasteiger partial charge on any atom is 0.273 e. The van der Waals surface area contributed by atoms with E-state index in [4.69, 9.17) is 4.98 Å². The maximum atomic E-state index is 12.7. The number of hydrogen-bond donors (Lipinski definition) is 2. The molecule has 1 saturated carbocycles. The zero-order valence-electron chi connectivity index (χ0n) is 20.7. The Morgan fingerprint density at radius 2 is 1.97 bits per heavy atom. The molecule has 5 rings (SSSR count). The highest BCUT2D eigenvalue weighted by atomic mass is 32.1. The lowest BCUT2D eigenvalue weighted by atomic mass is 9.89. The molecular weight excluding hydrogens is 460 g/mol. The average molecular weight is 497 g/mol. The van der Waals surface area contributed by atoms with Crippen LogP contribution in [0.4, 0.5) is 5.95 Å². The number of rotatable bonds is 7. The number of likely N-dealkylation sites (tertiary alicyclic amines) is 1. The Labute approximate surface area is 210 Å². The molecule has 188 valence electrons. The summed E-state index contributed by atoms with van der Waals surface area (Å²) in [6, 6.07) is 0.668. The lowest BCUT2D eigenvalue weighted by Gasteiger charge is -2.31. The van der Waals surface area contributed by atoms with Crippen LogP contribution in [0.5, 0.6) is 0 Å². The molecule has 3 aromatic rings. The minimum Gasteiger partial charge on any atom is -0.393 e. The van der Waals surface area contributed by atoms with Crippen LogP contribution in [0.3, 0.4) is 0 Å². The SMILES string of the molecule is CCC[C@H](C)Nc1ncc2c(C3CCN(C(=O)c4cscn4)CC3)cn([C@H]3CC[C@H](O)CC3)c2n1. The number of anilines is 1. The summed E-state index contributed by atoms with van der Waals surface area (Å²) in [6.07, 6.45) is 11.7. The van der Waals surface area contributed by atoms with E-state index in [1.54, 1.807) is 5.51 Å². The van der Waals surface area contributed by atoms with Crippen LogP contribution in [0.2, 0.25) is 0 Å². The van der Waals surface area contributed by atoms with Gasteiger partial charge in [-0.1, -0.05) is 13.3 Å². The molecule has 1 aliphatic heterocycles. The number of fused-ring (bicyclic) bond motifs is 1. The van der Waals surface area contributed by atoms with Crippen molar-refractivity contribution in [1.29, 1.82) is 0 Å². The molecule has 35 heavy (non-hydrogen) atoms. The first kappa shape index (κ1) is 24.2. The van der Waals surface area contributed by atoms with Gasteiger partial charge in [-0.05, 0) is 63.4 Å². The van der Waals surface area contributed by atoms with Gasteiger partial charge in [0.05, 0.1) is 11.6 Å². The minimum atomic E-state index is -0.186. The van der Waals surface area contributed by atoms with E-state index >= 15 is 0 Å². The van der Waals surface area contributed by atoms with Crippen LogP contribution in [0.1, 0.15) is 93.2 Å². The van der Waals surface area contributed by atoms with Crippen LogP contribution in [-0.4, -0.2) is 60.7 Å². The number of carbonyl (C=O) groups is 1. The molecule has 2 N–H and O–H groups in total. The summed E-state index contributed by atoms with van der Waals surface area (Å²) in [5.41, 5.74) is 4.55. The number of nitrogens with one attached hydrogen (secondary N) is 1. The van der Waals surface area contributed by atoms with Gasteiger partial charge in [0.25, 0.3) is 5.91 Å². The molecule has 1 atom stereocenters. The average Bonchev–Trinajstić information content (AvgIpc) is 3.53. The Kier molecular flexibility index (Phi) is 7.34. The minimum absolute atomic E-state index is 0.0353. The third-order valence-corrected chi connectivity index (χ3v) is 8.22. The second-order valence-corrected chi connectivity index (χ2v) is 10.9. The molecule has 8 nitrogen and oxygen atoms in total. The molecule has 2 fully saturated rings. The molecule has 0 unspecified atom stereocenters. The molecule has 1 aliphatic carbocycles. The van der Waals surface area contributed by atoms with E-state index in [0.29, 0.717) is 29.6 Å². The van der Waals surface area contributed by atoms with Crippen molar-refractivity contribution in [3.05, 3.63) is 34.5 Å². The fourth-order valence-corrected chi connectivity index (χ4v) is 6.19. The molecule has 0 aromatic carbocycles. The second kappa shape index (κ2) is 10.6. The zero-order chi connectivity index (χ0) is 24.4. The second-order valence-electron chi connectivity index (χ2n) is 10.2. The first-order valence-electron chi connectivity index (χ1n) is 13.0. The Bertz CT molecular complexity index is 1130. The molecule has 2 aliphatic rings. The highest BCUT2D eigenvalue weighted by molar-refractivity contribution is 7.07. The van der Waals surface area contributed by atoms with E-state index in [9.17, 15) is 9.90 Å². The zero-order valence-corrected chi connectivity index (χ0v) is 21.5. The van der Waals surface area contributed by atoms with Gasteiger partial charge in [-0.25, -0.2) is 9.97 Å². The standard InChI is InChI=1S/C26H36N6O2S/c1-3-4-17(2)29-26-27-13-21-22(14-32(24(21)30-26)19-5-7-20(33)8-6-19)18-9-11-31(12-10-18)25(34)23-15-35-16-28-23/h13-20,33H,3-12H2,1-2H3,(H,27,29,30)/t17-,19-,20-/m0/s1. The Morgan fingerprint density at radius 1 is 1.20 bits per heavy atom. The highest BCUT2D eigenvalue weighted by Crippen LogP contribution is 2.38. The normalized spacial score (nSPS) is 22.4. The molecule has 3 aromatic heterocycles. The van der Waals surface area contributed by atoms with Crippen LogP contribution in [0.15, 0.2) is 23.3 Å². The number of carbonyl (C=O) groups excluding carboxylic acids is 1. The van der Waals surface area contributed by atoms with Crippen molar-refractivity contribution in [1.82, 2.24) is 24.4 Å². The van der Waals surface area contributed by atoms with Crippen molar-refractivity contribution in [2.24, 2.45) is 0 Å². The van der Waals surface area contributed by atoms with E-state index in [2.05, 4.69) is 39.9 Å². The lowest BCUT2D eigenvalue weighted by molar-refractivity contribution is 0.0708.